The molecule has 0 spiro atoms. The van der Waals surface area contributed by atoms with E-state index in [2.05, 4.69) is 52.8 Å². The number of nitriles is 2. The molecule has 216 valence electrons. The molecule has 1 unspecified atom stereocenters. The first-order valence-electron chi connectivity index (χ1n) is 13.0. The van der Waals surface area contributed by atoms with Crippen LogP contribution >= 0.6 is 23.2 Å². The molecular formula is C29H25Cl2F3N8. The molecule has 2 N–H and O–H groups in total. The van der Waals surface area contributed by atoms with Gasteiger partial charge in [-0.2, -0.15) is 23.7 Å². The van der Waals surface area contributed by atoms with Crippen molar-refractivity contribution in [2.45, 2.75) is 51.4 Å². The molecular weight excluding hydrogens is 588 g/mol. The summed E-state index contributed by atoms with van der Waals surface area (Å²) in [5, 5.41) is 34.9. The van der Waals surface area contributed by atoms with E-state index in [-0.39, 0.29) is 39.6 Å². The molecule has 4 aromatic rings. The summed E-state index contributed by atoms with van der Waals surface area (Å²) in [5.41, 5.74) is 0.359. The van der Waals surface area contributed by atoms with Crippen LogP contribution in [0.3, 0.4) is 0 Å². The molecule has 13 heteroatoms. The van der Waals surface area contributed by atoms with Gasteiger partial charge in [-0.1, -0.05) is 61.3 Å². The van der Waals surface area contributed by atoms with Crippen LogP contribution in [0.15, 0.2) is 42.7 Å². The number of fused-ring (bicyclic) bond motifs is 1. The number of benzene rings is 2. The second kappa shape index (κ2) is 10.6. The van der Waals surface area contributed by atoms with Crippen molar-refractivity contribution in [1.29, 1.82) is 10.5 Å². The van der Waals surface area contributed by atoms with E-state index in [1.807, 2.05) is 6.07 Å². The summed E-state index contributed by atoms with van der Waals surface area (Å²) >= 11 is 13.3. The molecule has 1 aliphatic carbocycles. The van der Waals surface area contributed by atoms with Gasteiger partial charge in [-0.15, -0.1) is 5.10 Å². The molecule has 0 bridgehead atoms. The summed E-state index contributed by atoms with van der Waals surface area (Å²) in [6.45, 7) is 6.71. The molecule has 2 aromatic carbocycles. The molecule has 1 aliphatic rings. The van der Waals surface area contributed by atoms with Crippen molar-refractivity contribution in [3.8, 4) is 12.1 Å². The van der Waals surface area contributed by atoms with Crippen LogP contribution in [0.1, 0.15) is 62.0 Å². The zero-order chi connectivity index (χ0) is 30.4. The highest BCUT2D eigenvalue weighted by atomic mass is 35.5. The molecule has 0 radical (unpaired) electrons. The summed E-state index contributed by atoms with van der Waals surface area (Å²) in [5.74, 6) is 0. The third-order valence-corrected chi connectivity index (χ3v) is 7.82. The highest BCUT2D eigenvalue weighted by Crippen LogP contribution is 2.55. The first-order valence-corrected chi connectivity index (χ1v) is 13.7. The Kier molecular flexibility index (Phi) is 7.46. The second-order valence-electron chi connectivity index (χ2n) is 11.4. The first kappa shape index (κ1) is 29.4. The van der Waals surface area contributed by atoms with E-state index >= 15 is 0 Å². The highest BCUT2D eigenvalue weighted by Gasteiger charge is 2.66. The van der Waals surface area contributed by atoms with Crippen LogP contribution in [0, 0.1) is 28.1 Å². The second-order valence-corrected chi connectivity index (χ2v) is 12.2. The Morgan fingerprint density at radius 3 is 2.43 bits per heavy atom. The molecule has 1 atom stereocenters. The Hall–Kier alpha value is -4.06. The van der Waals surface area contributed by atoms with Crippen LogP contribution in [-0.2, 0) is 5.54 Å². The first-order chi connectivity index (χ1) is 19.8. The van der Waals surface area contributed by atoms with E-state index in [1.54, 1.807) is 24.3 Å². The summed E-state index contributed by atoms with van der Waals surface area (Å²) in [6.07, 6.45) is -1.98. The van der Waals surface area contributed by atoms with E-state index in [1.165, 1.54) is 18.5 Å². The quantitative estimate of drug-likeness (QED) is 0.221. The molecule has 0 saturated heterocycles. The third-order valence-electron chi connectivity index (χ3n) is 7.11. The minimum Gasteiger partial charge on any atom is -0.383 e. The molecule has 1 fully saturated rings. The number of hydrogen-bond acceptors (Lipinski definition) is 7. The topological polar surface area (TPSA) is 115 Å². The number of pyridine rings is 1. The minimum absolute atomic E-state index is 0.0963. The van der Waals surface area contributed by atoms with E-state index in [9.17, 15) is 23.7 Å². The van der Waals surface area contributed by atoms with Gasteiger partial charge >= 0.3 is 6.18 Å². The number of hydrogen-bond donors (Lipinski definition) is 2. The minimum atomic E-state index is -4.49. The van der Waals surface area contributed by atoms with Crippen LogP contribution in [0.25, 0.3) is 10.9 Å². The van der Waals surface area contributed by atoms with Gasteiger partial charge in [0.2, 0.25) is 0 Å². The number of anilines is 2. The van der Waals surface area contributed by atoms with Gasteiger partial charge in [0.05, 0.1) is 44.6 Å². The number of alkyl halides is 3. The Morgan fingerprint density at radius 2 is 1.81 bits per heavy atom. The lowest BCUT2D eigenvalue weighted by Gasteiger charge is -2.23. The van der Waals surface area contributed by atoms with Gasteiger partial charge in [0.1, 0.15) is 17.8 Å². The van der Waals surface area contributed by atoms with Crippen molar-refractivity contribution in [1.82, 2.24) is 20.0 Å². The van der Waals surface area contributed by atoms with Crippen molar-refractivity contribution in [2.75, 3.05) is 17.2 Å². The lowest BCUT2D eigenvalue weighted by Crippen LogP contribution is -2.35. The number of nitrogens with one attached hydrogen (secondary N) is 2. The fraction of sp³-hybridized carbons (Fsp3) is 0.345. The molecule has 0 amide bonds. The van der Waals surface area contributed by atoms with Crippen molar-refractivity contribution >= 4 is 45.5 Å². The predicted molar refractivity (Wildman–Crippen MR) is 154 cm³/mol. The number of rotatable bonds is 7. The Labute approximate surface area is 250 Å². The average molecular weight is 613 g/mol. The average Bonchev–Trinajstić information content (AvgIpc) is 3.61. The van der Waals surface area contributed by atoms with Gasteiger partial charge in [-0.25, -0.2) is 4.68 Å². The van der Waals surface area contributed by atoms with Crippen LogP contribution in [0.2, 0.25) is 10.0 Å². The fourth-order valence-electron chi connectivity index (χ4n) is 4.69. The van der Waals surface area contributed by atoms with Crippen LogP contribution < -0.4 is 10.6 Å². The molecule has 1 saturated carbocycles. The molecule has 2 heterocycles. The van der Waals surface area contributed by atoms with Crippen LogP contribution in [0.4, 0.5) is 24.5 Å². The maximum atomic E-state index is 13.8. The van der Waals surface area contributed by atoms with Gasteiger partial charge in [-0.3, -0.25) is 4.98 Å². The summed E-state index contributed by atoms with van der Waals surface area (Å²) in [7, 11) is 0. The fourth-order valence-corrected chi connectivity index (χ4v) is 5.23. The van der Waals surface area contributed by atoms with Crippen molar-refractivity contribution in [3.05, 3.63) is 75.2 Å². The normalized spacial score (nSPS) is 15.1. The predicted octanol–water partition coefficient (Wildman–Crippen LogP) is 7.59. The van der Waals surface area contributed by atoms with E-state index in [0.717, 1.165) is 4.68 Å². The lowest BCUT2D eigenvalue weighted by atomic mass is 9.96. The van der Waals surface area contributed by atoms with Crippen molar-refractivity contribution in [2.24, 2.45) is 5.41 Å². The molecule has 5 rings (SSSR count). The smallest absolute Gasteiger partial charge is 0.383 e. The van der Waals surface area contributed by atoms with Gasteiger partial charge in [-0.05, 0) is 36.5 Å². The van der Waals surface area contributed by atoms with Crippen LogP contribution in [0.5, 0.6) is 0 Å². The summed E-state index contributed by atoms with van der Waals surface area (Å²) < 4.78 is 42.4. The highest BCUT2D eigenvalue weighted by molar-refractivity contribution is 6.36. The SMILES string of the molecule is CC(C)(C)CNc1c(C#N)cnc2c(Cl)cc(NC(c3cn(C4(C(F)(F)F)CC4)nn3)c3cccc(C#N)c3Cl)cc12. The Bertz CT molecular complexity index is 1760. The third kappa shape index (κ3) is 5.42. The molecule has 0 aliphatic heterocycles. The standard InChI is InChI=1S/C29H25Cl2F3N8/c1-27(2,3)15-38-24-17(12-36)13-37-25-20(24)9-18(10-21(25)30)39-26(19-6-4-5-16(11-35)23(19)31)22-14-42(41-40-22)28(7-8-28)29(32,33)34/h4-6,9-10,13-14,26,39H,7-8,15H2,1-3H3,(H,37,38). The maximum absolute atomic E-state index is 13.8. The summed E-state index contributed by atoms with van der Waals surface area (Å²) in [6, 6.07) is 11.5. The lowest BCUT2D eigenvalue weighted by molar-refractivity contribution is -0.182. The number of aromatic nitrogens is 4. The van der Waals surface area contributed by atoms with E-state index in [0.29, 0.717) is 39.9 Å². The largest absolute Gasteiger partial charge is 0.413 e. The Morgan fingerprint density at radius 1 is 1.10 bits per heavy atom. The zero-order valence-electron chi connectivity index (χ0n) is 22.8. The molecule has 8 nitrogen and oxygen atoms in total. The van der Waals surface area contributed by atoms with E-state index in [4.69, 9.17) is 23.2 Å². The van der Waals surface area contributed by atoms with Crippen molar-refractivity contribution in [3.63, 3.8) is 0 Å². The van der Waals surface area contributed by atoms with Gasteiger partial charge < -0.3 is 10.6 Å². The molecule has 42 heavy (non-hydrogen) atoms. The van der Waals surface area contributed by atoms with Gasteiger partial charge in [0.15, 0.2) is 5.54 Å². The maximum Gasteiger partial charge on any atom is 0.413 e. The van der Waals surface area contributed by atoms with Crippen LogP contribution in [-0.4, -0.2) is 32.7 Å². The molecule has 2 aromatic heterocycles. The zero-order valence-corrected chi connectivity index (χ0v) is 24.3. The monoisotopic (exact) mass is 612 g/mol. The number of halogens is 5. The van der Waals surface area contributed by atoms with E-state index < -0.39 is 17.8 Å². The summed E-state index contributed by atoms with van der Waals surface area (Å²) in [4.78, 5) is 4.38. The van der Waals surface area contributed by atoms with Crippen molar-refractivity contribution < 1.29 is 13.2 Å². The number of nitrogens with zero attached hydrogens (tertiary/aromatic N) is 6. The van der Waals surface area contributed by atoms with Gasteiger partial charge in [0, 0.05) is 29.4 Å². The van der Waals surface area contributed by atoms with Gasteiger partial charge in [0.25, 0.3) is 0 Å². The Balaban J connectivity index is 1.63.